The summed E-state index contributed by atoms with van der Waals surface area (Å²) < 4.78 is 5.05. The Labute approximate surface area is 95.7 Å². The van der Waals surface area contributed by atoms with Gasteiger partial charge >= 0.3 is 0 Å². The van der Waals surface area contributed by atoms with Crippen LogP contribution in [0.1, 0.15) is 43.8 Å². The van der Waals surface area contributed by atoms with Crippen LogP contribution in [0, 0.1) is 12.3 Å². The first-order valence-corrected chi connectivity index (χ1v) is 5.21. The lowest BCUT2D eigenvalue weighted by Crippen LogP contribution is -2.24. The summed E-state index contributed by atoms with van der Waals surface area (Å²) in [6, 6.07) is 1.63. The molecule has 16 heavy (non-hydrogen) atoms. The highest BCUT2D eigenvalue weighted by Gasteiger charge is 2.15. The normalized spacial score (nSPS) is 12.7. The molecule has 0 aliphatic rings. The zero-order chi connectivity index (χ0) is 12.3. The molecular formula is C12H18N2O2. The third kappa shape index (κ3) is 2.95. The number of furan rings is 1. The fraction of sp³-hybridized carbons (Fsp3) is 0.500. The molecule has 1 aromatic heterocycles. The van der Waals surface area contributed by atoms with Crippen molar-refractivity contribution in [1.82, 2.24) is 5.43 Å². The number of nitrogens with one attached hydrogen (secondary N) is 1. The average molecular weight is 222 g/mol. The summed E-state index contributed by atoms with van der Waals surface area (Å²) in [5.74, 6) is 0.357. The SMILES string of the molecule is CC(=NNC(=O)c1ccoc1C)C(C)(C)C. The Hall–Kier alpha value is -1.58. The third-order valence-electron chi connectivity index (χ3n) is 2.51. The summed E-state index contributed by atoms with van der Waals surface area (Å²) in [5, 5.41) is 4.07. The van der Waals surface area contributed by atoms with Crippen LogP contribution in [0.3, 0.4) is 0 Å². The first kappa shape index (κ1) is 12.5. The molecule has 1 aromatic rings. The molecule has 88 valence electrons. The standard InChI is InChI=1S/C12H18N2O2/c1-8-10(6-7-16-8)11(15)14-13-9(2)12(3,4)5/h6-7H,1-5H3,(H,14,15). The predicted molar refractivity (Wildman–Crippen MR) is 63.5 cm³/mol. The summed E-state index contributed by atoms with van der Waals surface area (Å²) in [6.07, 6.45) is 1.49. The molecule has 1 amide bonds. The van der Waals surface area contributed by atoms with Crippen LogP contribution < -0.4 is 5.43 Å². The lowest BCUT2D eigenvalue weighted by Gasteiger charge is -2.17. The fourth-order valence-corrected chi connectivity index (χ4v) is 0.983. The van der Waals surface area contributed by atoms with Gasteiger partial charge in [-0.3, -0.25) is 4.79 Å². The zero-order valence-electron chi connectivity index (χ0n) is 10.4. The lowest BCUT2D eigenvalue weighted by atomic mass is 9.91. The topological polar surface area (TPSA) is 54.6 Å². The van der Waals surface area contributed by atoms with Crippen LogP contribution in [0.5, 0.6) is 0 Å². The van der Waals surface area contributed by atoms with E-state index in [0.717, 1.165) is 5.71 Å². The van der Waals surface area contributed by atoms with Crippen molar-refractivity contribution in [2.45, 2.75) is 34.6 Å². The first-order chi connectivity index (χ1) is 7.32. The van der Waals surface area contributed by atoms with Crippen LogP contribution in [-0.2, 0) is 0 Å². The summed E-state index contributed by atoms with van der Waals surface area (Å²) in [7, 11) is 0. The van der Waals surface area contributed by atoms with Crippen molar-refractivity contribution in [3.8, 4) is 0 Å². The van der Waals surface area contributed by atoms with Gasteiger partial charge in [0.25, 0.3) is 5.91 Å². The molecule has 0 bridgehead atoms. The summed E-state index contributed by atoms with van der Waals surface area (Å²) in [4.78, 5) is 11.7. The van der Waals surface area contributed by atoms with Crippen LogP contribution in [0.15, 0.2) is 21.8 Å². The van der Waals surface area contributed by atoms with E-state index in [1.165, 1.54) is 6.26 Å². The Morgan fingerprint density at radius 1 is 1.44 bits per heavy atom. The van der Waals surface area contributed by atoms with Gasteiger partial charge in [-0.25, -0.2) is 5.43 Å². The second-order valence-electron chi connectivity index (χ2n) is 4.78. The Balaban J connectivity index is 2.71. The van der Waals surface area contributed by atoms with Crippen molar-refractivity contribution < 1.29 is 9.21 Å². The molecule has 0 unspecified atom stereocenters. The Morgan fingerprint density at radius 3 is 2.50 bits per heavy atom. The molecule has 0 atom stereocenters. The first-order valence-electron chi connectivity index (χ1n) is 5.21. The van der Waals surface area contributed by atoms with Crippen molar-refractivity contribution >= 4 is 11.6 Å². The minimum Gasteiger partial charge on any atom is -0.469 e. The number of hydrogen-bond acceptors (Lipinski definition) is 3. The van der Waals surface area contributed by atoms with Gasteiger partial charge in [0.15, 0.2) is 0 Å². The monoisotopic (exact) mass is 222 g/mol. The van der Waals surface area contributed by atoms with Crippen molar-refractivity contribution in [2.24, 2.45) is 10.5 Å². The number of nitrogens with zero attached hydrogens (tertiary/aromatic N) is 1. The second-order valence-corrected chi connectivity index (χ2v) is 4.78. The number of rotatable bonds is 2. The maximum absolute atomic E-state index is 11.7. The molecule has 0 aromatic carbocycles. The van der Waals surface area contributed by atoms with Gasteiger partial charge in [0.05, 0.1) is 11.8 Å². The van der Waals surface area contributed by atoms with E-state index in [9.17, 15) is 4.79 Å². The zero-order valence-corrected chi connectivity index (χ0v) is 10.4. The van der Waals surface area contributed by atoms with E-state index >= 15 is 0 Å². The molecule has 0 spiro atoms. The van der Waals surface area contributed by atoms with E-state index in [2.05, 4.69) is 10.5 Å². The largest absolute Gasteiger partial charge is 0.469 e. The molecule has 0 radical (unpaired) electrons. The highest BCUT2D eigenvalue weighted by Crippen LogP contribution is 2.15. The fourth-order valence-electron chi connectivity index (χ4n) is 0.983. The van der Waals surface area contributed by atoms with Crippen LogP contribution in [-0.4, -0.2) is 11.6 Å². The second kappa shape index (κ2) is 4.51. The highest BCUT2D eigenvalue weighted by atomic mass is 16.3. The highest BCUT2D eigenvalue weighted by molar-refractivity contribution is 5.96. The summed E-state index contributed by atoms with van der Waals surface area (Å²) in [5.41, 5.74) is 3.87. The van der Waals surface area contributed by atoms with Gasteiger partial charge in [-0.15, -0.1) is 0 Å². The maximum atomic E-state index is 11.7. The molecular weight excluding hydrogens is 204 g/mol. The van der Waals surface area contributed by atoms with Gasteiger partial charge in [0, 0.05) is 11.1 Å². The minimum atomic E-state index is -0.241. The van der Waals surface area contributed by atoms with E-state index in [0.29, 0.717) is 11.3 Å². The number of carbonyl (C=O) groups is 1. The number of aryl methyl sites for hydroxylation is 1. The number of hydrogen-bond donors (Lipinski definition) is 1. The van der Waals surface area contributed by atoms with Gasteiger partial charge in [-0.2, -0.15) is 5.10 Å². The van der Waals surface area contributed by atoms with E-state index in [-0.39, 0.29) is 11.3 Å². The Kier molecular flexibility index (Phi) is 3.52. The van der Waals surface area contributed by atoms with Crippen LogP contribution >= 0.6 is 0 Å². The van der Waals surface area contributed by atoms with E-state index in [4.69, 9.17) is 4.42 Å². The molecule has 0 aliphatic heterocycles. The van der Waals surface area contributed by atoms with Crippen molar-refractivity contribution in [2.75, 3.05) is 0 Å². The van der Waals surface area contributed by atoms with Gasteiger partial charge in [-0.1, -0.05) is 20.8 Å². The smallest absolute Gasteiger partial charge is 0.274 e. The summed E-state index contributed by atoms with van der Waals surface area (Å²) in [6.45, 7) is 9.76. The molecule has 0 saturated carbocycles. The minimum absolute atomic E-state index is 0.0429. The van der Waals surface area contributed by atoms with Crippen LogP contribution in [0.2, 0.25) is 0 Å². The Morgan fingerprint density at radius 2 is 2.06 bits per heavy atom. The van der Waals surface area contributed by atoms with Crippen LogP contribution in [0.25, 0.3) is 0 Å². The van der Waals surface area contributed by atoms with Crippen LogP contribution in [0.4, 0.5) is 0 Å². The maximum Gasteiger partial charge on any atom is 0.274 e. The van der Waals surface area contributed by atoms with Gasteiger partial charge in [-0.05, 0) is 19.9 Å². The molecule has 1 heterocycles. The molecule has 4 heteroatoms. The van der Waals surface area contributed by atoms with Crippen molar-refractivity contribution in [3.05, 3.63) is 23.7 Å². The number of hydrazone groups is 1. The van der Waals surface area contributed by atoms with Gasteiger partial charge in [0.1, 0.15) is 5.76 Å². The Bertz CT molecular complexity index is 411. The molecule has 0 aliphatic carbocycles. The lowest BCUT2D eigenvalue weighted by molar-refractivity contribution is 0.0953. The van der Waals surface area contributed by atoms with Crippen molar-refractivity contribution in [1.29, 1.82) is 0 Å². The summed E-state index contributed by atoms with van der Waals surface area (Å²) >= 11 is 0. The van der Waals surface area contributed by atoms with Crippen molar-refractivity contribution in [3.63, 3.8) is 0 Å². The predicted octanol–water partition coefficient (Wildman–Crippen LogP) is 2.74. The molecule has 1 N–H and O–H groups in total. The molecule has 1 rings (SSSR count). The third-order valence-corrected chi connectivity index (χ3v) is 2.51. The average Bonchev–Trinajstić information content (AvgIpc) is 2.58. The molecule has 0 saturated heterocycles. The van der Waals surface area contributed by atoms with Gasteiger partial charge in [0.2, 0.25) is 0 Å². The van der Waals surface area contributed by atoms with E-state index in [1.54, 1.807) is 13.0 Å². The quantitative estimate of drug-likeness (QED) is 0.618. The van der Waals surface area contributed by atoms with E-state index in [1.807, 2.05) is 27.7 Å². The van der Waals surface area contributed by atoms with Gasteiger partial charge < -0.3 is 4.42 Å². The number of amides is 1. The van der Waals surface area contributed by atoms with E-state index < -0.39 is 0 Å². The number of carbonyl (C=O) groups excluding carboxylic acids is 1. The molecule has 4 nitrogen and oxygen atoms in total. The molecule has 0 fully saturated rings.